The lowest BCUT2D eigenvalue weighted by Gasteiger charge is -2.60. The van der Waals surface area contributed by atoms with Crippen molar-refractivity contribution in [1.82, 2.24) is 18.6 Å². The zero-order valence-electron chi connectivity index (χ0n) is 13.9. The molecule has 4 nitrogen and oxygen atoms in total. The van der Waals surface area contributed by atoms with E-state index in [0.29, 0.717) is 6.04 Å². The second-order valence-corrected chi connectivity index (χ2v) is 8.24. The molecule has 0 saturated heterocycles. The fraction of sp³-hybridized carbons (Fsp3) is 0.333. The number of rotatable bonds is 0. The maximum absolute atomic E-state index is 2.77. The molecule has 25 heavy (non-hydrogen) atoms. The van der Waals surface area contributed by atoms with Crippen molar-refractivity contribution in [3.8, 4) is 0 Å². The van der Waals surface area contributed by atoms with Crippen LogP contribution in [0.1, 0.15) is 40.6 Å². The average molecular weight is 326 g/mol. The van der Waals surface area contributed by atoms with Crippen LogP contribution in [0.3, 0.4) is 0 Å². The molecule has 4 heteroatoms. The highest BCUT2D eigenvalue weighted by Crippen LogP contribution is 2.53. The minimum atomic E-state index is -0.240. The summed E-state index contributed by atoms with van der Waals surface area (Å²) in [4.78, 5) is 2.77. The molecule has 0 aromatic carbocycles. The highest BCUT2D eigenvalue weighted by Gasteiger charge is 2.59. The van der Waals surface area contributed by atoms with Gasteiger partial charge in [-0.3, -0.25) is 13.7 Å². The molecule has 0 saturated carbocycles. The molecule has 0 fully saturated rings. The molecule has 1 spiro atoms. The van der Waals surface area contributed by atoms with Crippen molar-refractivity contribution in [2.45, 2.75) is 44.1 Å². The molecular weight excluding hydrogens is 308 g/mol. The van der Waals surface area contributed by atoms with E-state index in [2.05, 4.69) is 61.1 Å². The minimum absolute atomic E-state index is 0.240. The van der Waals surface area contributed by atoms with Gasteiger partial charge in [0.25, 0.3) is 5.91 Å². The highest BCUT2D eigenvalue weighted by molar-refractivity contribution is 5.44. The van der Waals surface area contributed by atoms with E-state index in [1.54, 1.807) is 0 Å². The largest absolute Gasteiger partial charge is 0.313 e. The summed E-state index contributed by atoms with van der Waals surface area (Å²) in [6.07, 6.45) is 8.03. The van der Waals surface area contributed by atoms with Gasteiger partial charge in [-0.05, 0) is 42.8 Å². The standard InChI is InChI=1S/C21H18N4/c1-2-14-10-16-5-6-18-12-20-8-7-19-11-17-4-3-15-9-13(1)22(14)21(23(15)17,24(16)18)25(19)20/h1-7,20H,8-12H2/t20?,21-/m1/s1. The molecule has 5 aliphatic rings. The first kappa shape index (κ1) is 11.9. The maximum atomic E-state index is 2.77. The summed E-state index contributed by atoms with van der Waals surface area (Å²) in [5.41, 5.74) is 10.4. The Balaban J connectivity index is 1.66. The summed E-state index contributed by atoms with van der Waals surface area (Å²) >= 11 is 0. The molecule has 8 heterocycles. The van der Waals surface area contributed by atoms with Crippen LogP contribution >= 0.6 is 0 Å². The van der Waals surface area contributed by atoms with Crippen molar-refractivity contribution in [2.24, 2.45) is 0 Å². The zero-order chi connectivity index (χ0) is 15.9. The van der Waals surface area contributed by atoms with Gasteiger partial charge in [0.05, 0.1) is 0 Å². The number of aromatic nitrogens is 3. The fourth-order valence-corrected chi connectivity index (χ4v) is 6.48. The van der Waals surface area contributed by atoms with Crippen LogP contribution in [-0.4, -0.2) is 24.6 Å². The van der Waals surface area contributed by atoms with Crippen molar-refractivity contribution in [3.05, 3.63) is 82.3 Å². The Morgan fingerprint density at radius 3 is 1.84 bits per heavy atom. The van der Waals surface area contributed by atoms with Crippen LogP contribution in [0, 0.1) is 0 Å². The Morgan fingerprint density at radius 1 is 0.680 bits per heavy atom. The normalized spacial score (nSPS) is 28.7. The molecule has 0 bridgehead atoms. The minimum Gasteiger partial charge on any atom is -0.313 e. The van der Waals surface area contributed by atoms with E-state index in [-0.39, 0.29) is 5.91 Å². The van der Waals surface area contributed by atoms with Crippen LogP contribution in [0.5, 0.6) is 0 Å². The summed E-state index contributed by atoms with van der Waals surface area (Å²) < 4.78 is 8.01. The lowest BCUT2D eigenvalue weighted by Crippen LogP contribution is -2.70. The van der Waals surface area contributed by atoms with Gasteiger partial charge in [0, 0.05) is 71.6 Å². The summed E-state index contributed by atoms with van der Waals surface area (Å²) in [6.45, 7) is 0. The second kappa shape index (κ2) is 3.36. The van der Waals surface area contributed by atoms with Crippen LogP contribution in [0.15, 0.2) is 48.2 Å². The molecule has 0 radical (unpaired) electrons. The Bertz CT molecular complexity index is 1140. The molecule has 5 aliphatic heterocycles. The van der Waals surface area contributed by atoms with Crippen LogP contribution in [0.2, 0.25) is 0 Å². The lowest BCUT2D eigenvalue weighted by molar-refractivity contribution is -0.0822. The van der Waals surface area contributed by atoms with Gasteiger partial charge in [-0.2, -0.15) is 0 Å². The SMILES string of the molecule is C1=C2Cc3ccc4n3[C@@]35N2C(C1)Cc1ccc(n13)Cc1ccc(n15)C4. The number of hydrogen-bond donors (Lipinski definition) is 0. The quantitative estimate of drug-likeness (QED) is 0.621. The monoisotopic (exact) mass is 326 g/mol. The van der Waals surface area contributed by atoms with Gasteiger partial charge in [0.2, 0.25) is 0 Å². The molecule has 3 aromatic heterocycles. The summed E-state index contributed by atoms with van der Waals surface area (Å²) in [5.74, 6) is -0.240. The molecule has 0 amide bonds. The van der Waals surface area contributed by atoms with Gasteiger partial charge in [-0.25, -0.2) is 0 Å². The van der Waals surface area contributed by atoms with E-state index < -0.39 is 0 Å². The van der Waals surface area contributed by atoms with E-state index in [0.717, 1.165) is 19.3 Å². The van der Waals surface area contributed by atoms with Crippen molar-refractivity contribution < 1.29 is 0 Å². The van der Waals surface area contributed by atoms with Crippen LogP contribution in [0.25, 0.3) is 0 Å². The van der Waals surface area contributed by atoms with E-state index in [4.69, 9.17) is 0 Å². The Hall–Kier alpha value is -2.62. The van der Waals surface area contributed by atoms with Crippen LogP contribution in [0.4, 0.5) is 0 Å². The number of nitrogens with zero attached hydrogens (tertiary/aromatic N) is 4. The molecule has 0 N–H and O–H groups in total. The first-order valence-corrected chi connectivity index (χ1v) is 9.44. The smallest absolute Gasteiger partial charge is 0.289 e. The van der Waals surface area contributed by atoms with Gasteiger partial charge in [-0.1, -0.05) is 6.08 Å². The van der Waals surface area contributed by atoms with E-state index in [1.807, 2.05) is 0 Å². The number of hydrogen-bond acceptors (Lipinski definition) is 1. The van der Waals surface area contributed by atoms with Gasteiger partial charge >= 0.3 is 0 Å². The molecule has 8 rings (SSSR count). The van der Waals surface area contributed by atoms with Crippen molar-refractivity contribution in [3.63, 3.8) is 0 Å². The Morgan fingerprint density at radius 2 is 1.20 bits per heavy atom. The third-order valence-electron chi connectivity index (χ3n) is 7.18. The summed E-state index contributed by atoms with van der Waals surface area (Å²) in [7, 11) is 0. The predicted molar refractivity (Wildman–Crippen MR) is 93.4 cm³/mol. The van der Waals surface area contributed by atoms with Crippen molar-refractivity contribution in [2.75, 3.05) is 0 Å². The van der Waals surface area contributed by atoms with Gasteiger partial charge in [0.15, 0.2) is 0 Å². The van der Waals surface area contributed by atoms with Crippen LogP contribution < -0.4 is 0 Å². The van der Waals surface area contributed by atoms with E-state index in [9.17, 15) is 0 Å². The summed E-state index contributed by atoms with van der Waals surface area (Å²) in [5, 5.41) is 0. The summed E-state index contributed by atoms with van der Waals surface area (Å²) in [6, 6.07) is 14.8. The average Bonchev–Trinajstić information content (AvgIpc) is 3.38. The third kappa shape index (κ3) is 1.01. The van der Waals surface area contributed by atoms with Crippen molar-refractivity contribution in [1.29, 1.82) is 0 Å². The molecule has 2 atom stereocenters. The Kier molecular flexibility index (Phi) is 1.59. The van der Waals surface area contributed by atoms with Gasteiger partial charge in [0.1, 0.15) is 0 Å². The lowest BCUT2D eigenvalue weighted by atomic mass is 10.00. The van der Waals surface area contributed by atoms with Gasteiger partial charge < -0.3 is 4.90 Å². The zero-order valence-corrected chi connectivity index (χ0v) is 13.9. The first-order chi connectivity index (χ1) is 12.4. The predicted octanol–water partition coefficient (Wildman–Crippen LogP) is 2.63. The molecule has 1 unspecified atom stereocenters. The maximum Gasteiger partial charge on any atom is 0.289 e. The fourth-order valence-electron chi connectivity index (χ4n) is 6.48. The second-order valence-electron chi connectivity index (χ2n) is 8.24. The molecule has 3 aromatic rings. The number of allylic oxidation sites excluding steroid dienone is 1. The molecule has 0 aliphatic carbocycles. The van der Waals surface area contributed by atoms with Crippen molar-refractivity contribution >= 4 is 0 Å². The highest BCUT2D eigenvalue weighted by atomic mass is 15.7. The molecular formula is C21H18N4. The van der Waals surface area contributed by atoms with E-state index in [1.165, 1.54) is 52.7 Å². The van der Waals surface area contributed by atoms with Crippen LogP contribution in [-0.2, 0) is 31.6 Å². The third-order valence-corrected chi connectivity index (χ3v) is 7.18. The topological polar surface area (TPSA) is 18.0 Å². The van der Waals surface area contributed by atoms with E-state index >= 15 is 0 Å². The van der Waals surface area contributed by atoms with Gasteiger partial charge in [-0.15, -0.1) is 0 Å². The first-order valence-electron chi connectivity index (χ1n) is 9.44. The Labute approximate surface area is 145 Å². The molecule has 122 valence electrons.